The Morgan fingerprint density at radius 2 is 1.74 bits per heavy atom. The summed E-state index contributed by atoms with van der Waals surface area (Å²) in [5, 5.41) is 33.0. The lowest BCUT2D eigenvalue weighted by Crippen LogP contribution is -2.66. The molecule has 4 aliphatic rings. The lowest BCUT2D eigenvalue weighted by molar-refractivity contribution is -0.234. The van der Waals surface area contributed by atoms with Crippen molar-refractivity contribution >= 4 is 11.9 Å². The van der Waals surface area contributed by atoms with Crippen molar-refractivity contribution in [3.8, 4) is 0 Å². The number of fused-ring (bicyclic) bond motifs is 5. The van der Waals surface area contributed by atoms with Gasteiger partial charge in [0.15, 0.2) is 0 Å². The van der Waals surface area contributed by atoms with Crippen molar-refractivity contribution in [1.82, 2.24) is 0 Å². The Morgan fingerprint density at radius 1 is 1.05 bits per heavy atom. The van der Waals surface area contributed by atoms with Gasteiger partial charge < -0.3 is 25.8 Å². The average molecular weight is 530 g/mol. The smallest absolute Gasteiger partial charge is 0.335 e. The van der Waals surface area contributed by atoms with E-state index in [1.54, 1.807) is 12.2 Å². The van der Waals surface area contributed by atoms with Crippen LogP contribution >= 0.6 is 0 Å². The highest BCUT2D eigenvalue weighted by atomic mass is 16.5. The van der Waals surface area contributed by atoms with Gasteiger partial charge in [0, 0.05) is 12.8 Å². The molecule has 4 saturated carbocycles. The van der Waals surface area contributed by atoms with Crippen LogP contribution in [0.2, 0.25) is 0 Å². The first kappa shape index (κ1) is 29.0. The van der Waals surface area contributed by atoms with Gasteiger partial charge in [-0.2, -0.15) is 0 Å². The van der Waals surface area contributed by atoms with Crippen LogP contribution in [0.5, 0.6) is 0 Å². The quantitative estimate of drug-likeness (QED) is 0.236. The highest BCUT2D eigenvalue weighted by Crippen LogP contribution is 2.74. The molecule has 0 aliphatic heterocycles. The van der Waals surface area contributed by atoms with Crippen LogP contribution in [0.15, 0.2) is 34.9 Å². The predicted octanol–water partition coefficient (Wildman–Crippen LogP) is 4.38. The number of aliphatic carboxylic acids is 1. The Hall–Kier alpha value is -1.96. The molecule has 38 heavy (non-hydrogen) atoms. The third-order valence-corrected chi connectivity index (χ3v) is 11.3. The van der Waals surface area contributed by atoms with E-state index in [0.29, 0.717) is 31.4 Å². The van der Waals surface area contributed by atoms with Crippen LogP contribution in [0.4, 0.5) is 0 Å². The number of aliphatic hydroxyl groups excluding tert-OH is 2. The molecule has 0 unspecified atom stereocenters. The largest absolute Gasteiger partial charge is 0.478 e. The zero-order chi connectivity index (χ0) is 28.2. The lowest BCUT2D eigenvalue weighted by atomic mass is 9.36. The van der Waals surface area contributed by atoms with E-state index in [-0.39, 0.29) is 45.5 Å². The number of carboxylic acids is 1. The molecule has 4 fully saturated rings. The number of carbonyl (C=O) groups is 2. The van der Waals surface area contributed by atoms with E-state index >= 15 is 0 Å². The van der Waals surface area contributed by atoms with Crippen molar-refractivity contribution < 1.29 is 29.6 Å². The zero-order valence-corrected chi connectivity index (χ0v) is 23.9. The lowest BCUT2D eigenvalue weighted by Gasteiger charge is -2.69. The number of carbonyl (C=O) groups excluding carboxylic acids is 1. The number of nitrogens with two attached hydrogens (primary N) is 1. The molecule has 0 aromatic carbocycles. The molecule has 4 aliphatic carbocycles. The summed E-state index contributed by atoms with van der Waals surface area (Å²) in [6.45, 7) is 12.5. The van der Waals surface area contributed by atoms with Crippen molar-refractivity contribution in [2.45, 2.75) is 98.4 Å². The fourth-order valence-electron chi connectivity index (χ4n) is 9.61. The van der Waals surface area contributed by atoms with Crippen molar-refractivity contribution in [1.29, 1.82) is 0 Å². The van der Waals surface area contributed by atoms with Gasteiger partial charge in [0.25, 0.3) is 0 Å². The minimum Gasteiger partial charge on any atom is -0.478 e. The summed E-state index contributed by atoms with van der Waals surface area (Å²) in [7, 11) is 0. The standard InChI is InChI=1S/C31H47NO6/c1-17(2)8-7-9-19(28(36)37)26-22-14-24(35)27-29(4)12-11-23(34)20(16-32)21(29)10-13-30(27,5)31(22,6)15-25(26)38-18(3)33/h7-9,20-25,27,34-35H,10-16,32H2,1-6H3,(H,36,37)/b9-7+,26-19-/t20-,21-,22-,23+,24+,25-,27-,29-,30-,31-/m0/s1. The van der Waals surface area contributed by atoms with Crippen molar-refractivity contribution in [3.63, 3.8) is 0 Å². The summed E-state index contributed by atoms with van der Waals surface area (Å²) >= 11 is 0. The van der Waals surface area contributed by atoms with E-state index in [2.05, 4.69) is 20.8 Å². The van der Waals surface area contributed by atoms with Crippen molar-refractivity contribution in [2.24, 2.45) is 45.7 Å². The number of allylic oxidation sites excluding steroid dienone is 3. The SMILES string of the molecule is CC(=O)O[C@H]1C[C@@]2(C)[C@@H](C[C@@H](O)[C@H]3[C@@]4(C)CC[C@@H](O)[C@@H](CN)[C@@H]4CC[C@@]32C)/C1=C(\C=C\C=C(C)C)C(=O)O. The van der Waals surface area contributed by atoms with Crippen LogP contribution in [0.3, 0.4) is 0 Å². The molecule has 0 aromatic heterocycles. The zero-order valence-electron chi connectivity index (χ0n) is 23.9. The topological polar surface area (TPSA) is 130 Å². The van der Waals surface area contributed by atoms with Gasteiger partial charge in [-0.1, -0.05) is 38.5 Å². The fourth-order valence-corrected chi connectivity index (χ4v) is 9.61. The molecular weight excluding hydrogens is 482 g/mol. The average Bonchev–Trinajstić information content (AvgIpc) is 3.08. The number of aliphatic hydroxyl groups is 2. The number of ether oxygens (including phenoxy) is 1. The van der Waals surface area contributed by atoms with Gasteiger partial charge in [0.1, 0.15) is 6.10 Å². The molecule has 0 bridgehead atoms. The third-order valence-electron chi connectivity index (χ3n) is 11.3. The van der Waals surface area contributed by atoms with E-state index in [1.807, 2.05) is 19.9 Å². The second-order valence-electron chi connectivity index (χ2n) is 13.4. The van der Waals surface area contributed by atoms with Crippen molar-refractivity contribution in [3.05, 3.63) is 34.9 Å². The number of esters is 1. The van der Waals surface area contributed by atoms with Crippen LogP contribution in [0.1, 0.15) is 80.1 Å². The number of hydrogen-bond donors (Lipinski definition) is 4. The van der Waals surface area contributed by atoms with Crippen LogP contribution in [-0.2, 0) is 14.3 Å². The first-order valence-corrected chi connectivity index (χ1v) is 14.2. The normalized spacial score (nSPS) is 45.6. The second-order valence-corrected chi connectivity index (χ2v) is 13.4. The molecule has 0 saturated heterocycles. The molecule has 212 valence electrons. The Morgan fingerprint density at radius 3 is 2.32 bits per heavy atom. The summed E-state index contributed by atoms with van der Waals surface area (Å²) in [5.74, 6) is -1.50. The number of rotatable bonds is 5. The molecule has 7 heteroatoms. The van der Waals surface area contributed by atoms with Gasteiger partial charge in [0.2, 0.25) is 0 Å². The summed E-state index contributed by atoms with van der Waals surface area (Å²) in [4.78, 5) is 24.8. The molecule has 5 N–H and O–H groups in total. The van der Waals surface area contributed by atoms with Gasteiger partial charge in [-0.25, -0.2) is 4.79 Å². The van der Waals surface area contributed by atoms with Crippen molar-refractivity contribution in [2.75, 3.05) is 6.54 Å². The molecule has 10 atom stereocenters. The minimum absolute atomic E-state index is 0.0164. The van der Waals surface area contributed by atoms with E-state index in [0.717, 1.165) is 24.8 Å². The first-order chi connectivity index (χ1) is 17.7. The second kappa shape index (κ2) is 10.2. The molecule has 0 amide bonds. The van der Waals surface area contributed by atoms with Crippen LogP contribution < -0.4 is 5.73 Å². The molecule has 7 nitrogen and oxygen atoms in total. The van der Waals surface area contributed by atoms with Crippen LogP contribution in [0, 0.1) is 39.9 Å². The molecule has 4 rings (SSSR count). The van der Waals surface area contributed by atoms with E-state index in [4.69, 9.17) is 10.5 Å². The van der Waals surface area contributed by atoms with Gasteiger partial charge in [-0.3, -0.25) is 4.79 Å². The number of hydrogen-bond acceptors (Lipinski definition) is 6. The Labute approximate surface area is 227 Å². The maximum absolute atomic E-state index is 12.6. The Balaban J connectivity index is 1.85. The molecule has 0 spiro atoms. The molecule has 0 radical (unpaired) electrons. The molecule has 0 aromatic rings. The van der Waals surface area contributed by atoms with Gasteiger partial charge >= 0.3 is 11.9 Å². The Bertz CT molecular complexity index is 1060. The van der Waals surface area contributed by atoms with E-state index in [1.165, 1.54) is 6.92 Å². The third kappa shape index (κ3) is 4.39. The monoisotopic (exact) mass is 529 g/mol. The van der Waals surface area contributed by atoms with Crippen LogP contribution in [0.25, 0.3) is 0 Å². The first-order valence-electron chi connectivity index (χ1n) is 14.2. The summed E-state index contributed by atoms with van der Waals surface area (Å²) < 4.78 is 5.84. The summed E-state index contributed by atoms with van der Waals surface area (Å²) in [5.41, 5.74) is 7.12. The maximum atomic E-state index is 12.6. The predicted molar refractivity (Wildman–Crippen MR) is 146 cm³/mol. The van der Waals surface area contributed by atoms with E-state index < -0.39 is 30.3 Å². The minimum atomic E-state index is -1.05. The van der Waals surface area contributed by atoms with E-state index in [9.17, 15) is 24.9 Å². The highest BCUT2D eigenvalue weighted by Gasteiger charge is 2.71. The highest BCUT2D eigenvalue weighted by molar-refractivity contribution is 5.91. The fraction of sp³-hybridized carbons (Fsp3) is 0.742. The van der Waals surface area contributed by atoms with Gasteiger partial charge in [0.05, 0.1) is 17.8 Å². The summed E-state index contributed by atoms with van der Waals surface area (Å²) in [6, 6.07) is 0. The molecular formula is C31H47NO6. The van der Waals surface area contributed by atoms with Gasteiger partial charge in [-0.15, -0.1) is 0 Å². The maximum Gasteiger partial charge on any atom is 0.335 e. The van der Waals surface area contributed by atoms with Crippen LogP contribution in [-0.4, -0.2) is 52.1 Å². The molecule has 0 heterocycles. The van der Waals surface area contributed by atoms with Gasteiger partial charge in [-0.05, 0) is 105 Å². The number of carboxylic acid groups (broad SMARTS) is 1. The summed E-state index contributed by atoms with van der Waals surface area (Å²) in [6.07, 6.45) is 7.73. The Kier molecular flexibility index (Phi) is 7.81.